The number of rotatable bonds is 3. The fourth-order valence-corrected chi connectivity index (χ4v) is 2.90. The number of carbonyl (C=O) groups excluding carboxylic acids is 1. The number of hydrogen-bond acceptors (Lipinski definition) is 3. The highest BCUT2D eigenvalue weighted by Gasteiger charge is 2.28. The van der Waals surface area contributed by atoms with Crippen LogP contribution in [0.2, 0.25) is 0 Å². The smallest absolute Gasteiger partial charge is 0.225 e. The molecule has 2 aromatic rings. The maximum absolute atomic E-state index is 12.2. The molecule has 0 spiro atoms. The van der Waals surface area contributed by atoms with Crippen LogP contribution in [0.25, 0.3) is 11.1 Å². The van der Waals surface area contributed by atoms with Crippen molar-refractivity contribution in [3.05, 3.63) is 30.2 Å². The summed E-state index contributed by atoms with van der Waals surface area (Å²) in [7, 11) is 0. The minimum absolute atomic E-state index is 0.130. The predicted octanol–water partition coefficient (Wildman–Crippen LogP) is 3.58. The third kappa shape index (κ3) is 2.80. The lowest BCUT2D eigenvalue weighted by molar-refractivity contribution is -0.136. The monoisotopic (exact) mass is 286 g/mol. The summed E-state index contributed by atoms with van der Waals surface area (Å²) in [6.07, 6.45) is 2.79. The topological polar surface area (TPSA) is 46.3 Å². The normalized spacial score (nSPS) is 18.1. The van der Waals surface area contributed by atoms with Crippen LogP contribution in [-0.2, 0) is 4.79 Å². The van der Waals surface area contributed by atoms with Crippen molar-refractivity contribution >= 4 is 17.0 Å². The van der Waals surface area contributed by atoms with Gasteiger partial charge in [-0.15, -0.1) is 0 Å². The van der Waals surface area contributed by atoms with Crippen molar-refractivity contribution in [2.75, 3.05) is 13.1 Å². The maximum Gasteiger partial charge on any atom is 0.225 e. The Morgan fingerprint density at radius 2 is 2.10 bits per heavy atom. The van der Waals surface area contributed by atoms with Gasteiger partial charge in [0.15, 0.2) is 11.5 Å². The molecule has 1 unspecified atom stereocenters. The van der Waals surface area contributed by atoms with Crippen LogP contribution in [0.3, 0.4) is 0 Å². The van der Waals surface area contributed by atoms with Crippen molar-refractivity contribution in [2.24, 2.45) is 5.92 Å². The van der Waals surface area contributed by atoms with E-state index in [0.29, 0.717) is 5.92 Å². The number of fused-ring (bicyclic) bond motifs is 1. The number of piperidine rings is 1. The Bertz CT molecular complexity index is 594. The van der Waals surface area contributed by atoms with Crippen LogP contribution in [-0.4, -0.2) is 28.9 Å². The van der Waals surface area contributed by atoms with Crippen LogP contribution >= 0.6 is 0 Å². The van der Waals surface area contributed by atoms with E-state index >= 15 is 0 Å². The van der Waals surface area contributed by atoms with Crippen molar-refractivity contribution < 1.29 is 9.21 Å². The Balaban J connectivity index is 1.67. The van der Waals surface area contributed by atoms with Gasteiger partial charge in [0.25, 0.3) is 0 Å². The zero-order chi connectivity index (χ0) is 14.8. The molecule has 1 fully saturated rings. The van der Waals surface area contributed by atoms with E-state index in [1.54, 1.807) is 0 Å². The second-order valence-electron chi connectivity index (χ2n) is 5.93. The van der Waals surface area contributed by atoms with E-state index in [1.807, 2.05) is 36.1 Å². The Morgan fingerprint density at radius 1 is 1.38 bits per heavy atom. The molecule has 4 nitrogen and oxygen atoms in total. The molecule has 1 amide bonds. The average Bonchev–Trinajstić information content (AvgIpc) is 2.97. The molecule has 1 aromatic carbocycles. The van der Waals surface area contributed by atoms with Gasteiger partial charge in [0.05, 0.1) is 0 Å². The molecule has 0 radical (unpaired) electrons. The zero-order valence-electron chi connectivity index (χ0n) is 12.7. The molecule has 1 saturated heterocycles. The van der Waals surface area contributed by atoms with E-state index in [2.05, 4.69) is 11.9 Å². The zero-order valence-corrected chi connectivity index (χ0v) is 12.7. The molecule has 0 N–H and O–H groups in total. The molecule has 1 aromatic heterocycles. The molecule has 112 valence electrons. The highest BCUT2D eigenvalue weighted by atomic mass is 16.3. The number of likely N-dealkylation sites (tertiary alicyclic amines) is 1. The van der Waals surface area contributed by atoms with Gasteiger partial charge < -0.3 is 9.32 Å². The standard InChI is InChI=1S/C17H22N2O2/c1-3-12(2)17(20)19-10-8-13(9-11-19)16-18-14-6-4-5-7-15(14)21-16/h4-7,12-13H,3,8-11H2,1-2H3. The van der Waals surface area contributed by atoms with E-state index in [4.69, 9.17) is 4.42 Å². The number of benzene rings is 1. The summed E-state index contributed by atoms with van der Waals surface area (Å²) in [5.74, 6) is 1.57. The highest BCUT2D eigenvalue weighted by molar-refractivity contribution is 5.78. The summed E-state index contributed by atoms with van der Waals surface area (Å²) in [5.41, 5.74) is 1.77. The molecule has 0 aliphatic carbocycles. The van der Waals surface area contributed by atoms with Gasteiger partial charge in [-0.25, -0.2) is 4.98 Å². The van der Waals surface area contributed by atoms with Gasteiger partial charge in [-0.2, -0.15) is 0 Å². The lowest BCUT2D eigenvalue weighted by Crippen LogP contribution is -2.40. The van der Waals surface area contributed by atoms with E-state index in [0.717, 1.165) is 49.3 Å². The third-order valence-electron chi connectivity index (χ3n) is 4.50. The first-order chi connectivity index (χ1) is 10.2. The van der Waals surface area contributed by atoms with Crippen molar-refractivity contribution in [1.82, 2.24) is 9.88 Å². The molecular formula is C17H22N2O2. The number of carbonyl (C=O) groups is 1. The molecule has 4 heteroatoms. The largest absolute Gasteiger partial charge is 0.440 e. The van der Waals surface area contributed by atoms with Crippen LogP contribution < -0.4 is 0 Å². The van der Waals surface area contributed by atoms with Crippen LogP contribution in [0, 0.1) is 5.92 Å². The fraction of sp³-hybridized carbons (Fsp3) is 0.529. The Kier molecular flexibility index (Phi) is 3.95. The first kappa shape index (κ1) is 14.1. The number of oxazole rings is 1. The summed E-state index contributed by atoms with van der Waals surface area (Å²) in [5, 5.41) is 0. The highest BCUT2D eigenvalue weighted by Crippen LogP contribution is 2.30. The Hall–Kier alpha value is -1.84. The molecule has 1 aliphatic heterocycles. The van der Waals surface area contributed by atoms with Gasteiger partial charge in [-0.1, -0.05) is 26.0 Å². The van der Waals surface area contributed by atoms with Gasteiger partial charge in [0, 0.05) is 24.9 Å². The van der Waals surface area contributed by atoms with Crippen LogP contribution in [0.1, 0.15) is 44.9 Å². The third-order valence-corrected chi connectivity index (χ3v) is 4.50. The average molecular weight is 286 g/mol. The minimum atomic E-state index is 0.130. The molecule has 3 rings (SSSR count). The fourth-order valence-electron chi connectivity index (χ4n) is 2.90. The number of hydrogen-bond donors (Lipinski definition) is 0. The van der Waals surface area contributed by atoms with Crippen molar-refractivity contribution in [2.45, 2.75) is 39.0 Å². The van der Waals surface area contributed by atoms with Gasteiger partial charge in [0.2, 0.25) is 5.91 Å². The van der Waals surface area contributed by atoms with Crippen molar-refractivity contribution in [3.63, 3.8) is 0 Å². The maximum atomic E-state index is 12.2. The number of para-hydroxylation sites is 2. The minimum Gasteiger partial charge on any atom is -0.440 e. The molecule has 21 heavy (non-hydrogen) atoms. The van der Waals surface area contributed by atoms with E-state index < -0.39 is 0 Å². The summed E-state index contributed by atoms with van der Waals surface area (Å²) >= 11 is 0. The van der Waals surface area contributed by atoms with Crippen molar-refractivity contribution in [1.29, 1.82) is 0 Å². The number of nitrogens with zero attached hydrogens (tertiary/aromatic N) is 2. The Morgan fingerprint density at radius 3 is 2.76 bits per heavy atom. The summed E-state index contributed by atoms with van der Waals surface area (Å²) < 4.78 is 5.86. The molecular weight excluding hydrogens is 264 g/mol. The van der Waals surface area contributed by atoms with Gasteiger partial charge in [0.1, 0.15) is 5.52 Å². The molecule has 0 saturated carbocycles. The lowest BCUT2D eigenvalue weighted by Gasteiger charge is -2.32. The first-order valence-electron chi connectivity index (χ1n) is 7.83. The second kappa shape index (κ2) is 5.88. The summed E-state index contributed by atoms with van der Waals surface area (Å²) in [6, 6.07) is 7.87. The van der Waals surface area contributed by atoms with Gasteiger partial charge >= 0.3 is 0 Å². The van der Waals surface area contributed by atoms with Crippen LogP contribution in [0.4, 0.5) is 0 Å². The summed E-state index contributed by atoms with van der Waals surface area (Å²) in [6.45, 7) is 5.70. The van der Waals surface area contributed by atoms with Gasteiger partial charge in [-0.3, -0.25) is 4.79 Å². The second-order valence-corrected chi connectivity index (χ2v) is 5.93. The molecule has 0 bridgehead atoms. The SMILES string of the molecule is CCC(C)C(=O)N1CCC(c2nc3ccccc3o2)CC1. The van der Waals surface area contributed by atoms with Gasteiger partial charge in [-0.05, 0) is 31.4 Å². The Labute approximate surface area is 125 Å². The van der Waals surface area contributed by atoms with Crippen molar-refractivity contribution in [3.8, 4) is 0 Å². The quantitative estimate of drug-likeness (QED) is 0.866. The molecule has 1 atom stereocenters. The summed E-state index contributed by atoms with van der Waals surface area (Å²) in [4.78, 5) is 18.8. The number of amides is 1. The van der Waals surface area contributed by atoms with Crippen LogP contribution in [0.15, 0.2) is 28.7 Å². The molecule has 2 heterocycles. The van der Waals surface area contributed by atoms with E-state index in [-0.39, 0.29) is 11.8 Å². The van der Waals surface area contributed by atoms with Crippen LogP contribution in [0.5, 0.6) is 0 Å². The van der Waals surface area contributed by atoms with E-state index in [9.17, 15) is 4.79 Å². The van der Waals surface area contributed by atoms with E-state index in [1.165, 1.54) is 0 Å². The predicted molar refractivity (Wildman–Crippen MR) is 82.0 cm³/mol. The molecule has 1 aliphatic rings. The lowest BCUT2D eigenvalue weighted by atomic mass is 9.95. The first-order valence-corrected chi connectivity index (χ1v) is 7.83. The number of aromatic nitrogens is 1.